The van der Waals surface area contributed by atoms with Gasteiger partial charge < -0.3 is 4.74 Å². The van der Waals surface area contributed by atoms with E-state index in [0.717, 1.165) is 0 Å². The molecule has 0 aliphatic heterocycles. The zero-order valence-electron chi connectivity index (χ0n) is 11.9. The normalized spacial score (nSPS) is 15.2. The zero-order valence-corrected chi connectivity index (χ0v) is 11.9. The van der Waals surface area contributed by atoms with Crippen molar-refractivity contribution in [2.75, 3.05) is 7.11 Å². The van der Waals surface area contributed by atoms with Gasteiger partial charge in [-0.05, 0) is 6.92 Å². The molecule has 0 saturated heterocycles. The molecule has 144 valence electrons. The Balaban J connectivity index is 6.18. The maximum atomic E-state index is 13.8. The maximum absolute atomic E-state index is 13.8. The molecule has 1 atom stereocenters. The second-order valence-corrected chi connectivity index (χ2v) is 4.45. The number of esters is 1. The molecule has 0 fully saturated rings. The van der Waals surface area contributed by atoms with E-state index in [1.54, 1.807) is 0 Å². The molecular weight excluding hydrogens is 386 g/mol. The molecule has 0 heterocycles. The van der Waals surface area contributed by atoms with Crippen LogP contribution in [-0.2, 0) is 19.1 Å². The van der Waals surface area contributed by atoms with Crippen LogP contribution >= 0.6 is 0 Å². The maximum Gasteiger partial charge on any atom is 0.411 e. The lowest BCUT2D eigenvalue weighted by molar-refractivity contribution is -0.235. The van der Waals surface area contributed by atoms with Gasteiger partial charge in [0.25, 0.3) is 11.6 Å². The number of hydrogen-bond donors (Lipinski definition) is 0. The minimum Gasteiger partial charge on any atom is -0.464 e. The standard InChI is InChI=1S/C11H6F10O4/c1-8(15,9(16,17)4(22)3(12)5(13)14)6(23)10(18,19)11(20,21)7(24)25-2/h1-2H3. The van der Waals surface area contributed by atoms with Gasteiger partial charge in [-0.3, -0.25) is 9.59 Å². The first-order chi connectivity index (χ1) is 10.9. The van der Waals surface area contributed by atoms with Crippen LogP contribution in [0.25, 0.3) is 0 Å². The van der Waals surface area contributed by atoms with Crippen LogP contribution in [0.1, 0.15) is 6.92 Å². The van der Waals surface area contributed by atoms with Crippen LogP contribution in [0.5, 0.6) is 0 Å². The van der Waals surface area contributed by atoms with Gasteiger partial charge in [0.05, 0.1) is 7.11 Å². The van der Waals surface area contributed by atoms with Crippen LogP contribution in [0.3, 0.4) is 0 Å². The van der Waals surface area contributed by atoms with Gasteiger partial charge in [-0.2, -0.15) is 39.5 Å². The molecule has 1 unspecified atom stereocenters. The summed E-state index contributed by atoms with van der Waals surface area (Å²) < 4.78 is 133. The zero-order chi connectivity index (χ0) is 20.6. The van der Waals surface area contributed by atoms with Crippen molar-refractivity contribution in [2.24, 2.45) is 0 Å². The number of rotatable bonds is 7. The van der Waals surface area contributed by atoms with Gasteiger partial charge in [0.15, 0.2) is 0 Å². The Bertz CT molecular complexity index is 618. The largest absolute Gasteiger partial charge is 0.464 e. The average Bonchev–Trinajstić information content (AvgIpc) is 2.50. The summed E-state index contributed by atoms with van der Waals surface area (Å²) in [7, 11) is 0.133. The lowest BCUT2D eigenvalue weighted by atomic mass is 9.86. The predicted molar refractivity (Wildman–Crippen MR) is 56.7 cm³/mol. The molecule has 0 rings (SSSR count). The summed E-state index contributed by atoms with van der Waals surface area (Å²) in [4.78, 5) is 32.4. The van der Waals surface area contributed by atoms with Crippen molar-refractivity contribution in [3.63, 3.8) is 0 Å². The van der Waals surface area contributed by atoms with Crippen LogP contribution < -0.4 is 0 Å². The number of Topliss-reactive ketones (excluding diaryl/α,β-unsaturated/α-hetero) is 2. The highest BCUT2D eigenvalue weighted by molar-refractivity contribution is 6.08. The summed E-state index contributed by atoms with van der Waals surface area (Å²) in [6, 6.07) is 0. The van der Waals surface area contributed by atoms with Crippen molar-refractivity contribution < 1.29 is 63.0 Å². The van der Waals surface area contributed by atoms with Crippen molar-refractivity contribution in [3.8, 4) is 0 Å². The number of ether oxygens (including phenoxy) is 1. The first-order valence-electron chi connectivity index (χ1n) is 5.61. The van der Waals surface area contributed by atoms with Crippen molar-refractivity contribution in [3.05, 3.63) is 11.9 Å². The van der Waals surface area contributed by atoms with Crippen LogP contribution in [-0.4, -0.2) is 48.1 Å². The fourth-order valence-electron chi connectivity index (χ4n) is 1.27. The van der Waals surface area contributed by atoms with E-state index < -0.39 is 59.8 Å². The van der Waals surface area contributed by atoms with Gasteiger partial charge >= 0.3 is 29.8 Å². The minimum absolute atomic E-state index is 0.133. The molecule has 0 radical (unpaired) electrons. The average molecular weight is 392 g/mol. The second-order valence-electron chi connectivity index (χ2n) is 4.45. The molecular formula is C11H6F10O4. The molecule has 0 aromatic heterocycles. The number of halogens is 10. The van der Waals surface area contributed by atoms with Gasteiger partial charge in [-0.25, -0.2) is 9.18 Å². The van der Waals surface area contributed by atoms with Gasteiger partial charge in [-0.1, -0.05) is 0 Å². The lowest BCUT2D eigenvalue weighted by Crippen LogP contribution is -2.64. The van der Waals surface area contributed by atoms with E-state index in [2.05, 4.69) is 4.74 Å². The Morgan fingerprint density at radius 2 is 1.16 bits per heavy atom. The first-order valence-corrected chi connectivity index (χ1v) is 5.61. The Hall–Kier alpha value is -2.15. The Labute approximate surface area is 131 Å². The highest BCUT2D eigenvalue weighted by atomic mass is 19.3. The monoisotopic (exact) mass is 392 g/mol. The molecule has 14 heteroatoms. The van der Waals surface area contributed by atoms with E-state index in [-0.39, 0.29) is 7.11 Å². The number of carbonyl (C=O) groups is 3. The lowest BCUT2D eigenvalue weighted by Gasteiger charge is -2.32. The van der Waals surface area contributed by atoms with Crippen LogP contribution in [0, 0.1) is 0 Å². The van der Waals surface area contributed by atoms with Crippen molar-refractivity contribution >= 4 is 17.5 Å². The van der Waals surface area contributed by atoms with Gasteiger partial charge in [0.1, 0.15) is 0 Å². The summed E-state index contributed by atoms with van der Waals surface area (Å²) in [6.45, 7) is -0.849. The number of hydrogen-bond acceptors (Lipinski definition) is 4. The molecule has 0 aromatic rings. The van der Waals surface area contributed by atoms with Crippen molar-refractivity contribution in [2.45, 2.75) is 30.4 Å². The number of carbonyl (C=O) groups excluding carboxylic acids is 3. The molecule has 0 bridgehead atoms. The molecule has 4 nitrogen and oxygen atoms in total. The highest BCUT2D eigenvalue weighted by Gasteiger charge is 2.76. The number of methoxy groups -OCH3 is 1. The summed E-state index contributed by atoms with van der Waals surface area (Å²) in [5, 5.41) is 0. The molecule has 0 N–H and O–H groups in total. The van der Waals surface area contributed by atoms with Crippen LogP contribution in [0.4, 0.5) is 43.9 Å². The summed E-state index contributed by atoms with van der Waals surface area (Å²) in [5.41, 5.74) is -5.60. The first kappa shape index (κ1) is 22.9. The van der Waals surface area contributed by atoms with E-state index >= 15 is 0 Å². The predicted octanol–water partition coefficient (Wildman–Crippen LogP) is 3.01. The van der Waals surface area contributed by atoms with E-state index in [9.17, 15) is 58.3 Å². The molecule has 25 heavy (non-hydrogen) atoms. The number of ketones is 2. The molecule has 0 amide bonds. The van der Waals surface area contributed by atoms with Gasteiger partial charge in [0, 0.05) is 0 Å². The number of allylic oxidation sites excluding steroid dienone is 1. The summed E-state index contributed by atoms with van der Waals surface area (Å²) in [6.07, 6.45) is -3.71. The van der Waals surface area contributed by atoms with Crippen molar-refractivity contribution in [1.29, 1.82) is 0 Å². The highest BCUT2D eigenvalue weighted by Crippen LogP contribution is 2.45. The molecule has 0 spiro atoms. The van der Waals surface area contributed by atoms with E-state index in [4.69, 9.17) is 0 Å². The van der Waals surface area contributed by atoms with Crippen molar-refractivity contribution in [1.82, 2.24) is 0 Å². The Morgan fingerprint density at radius 1 is 0.760 bits per heavy atom. The van der Waals surface area contributed by atoms with Gasteiger partial charge in [-0.15, -0.1) is 0 Å². The topological polar surface area (TPSA) is 60.4 Å². The van der Waals surface area contributed by atoms with E-state index in [0.29, 0.717) is 0 Å². The summed E-state index contributed by atoms with van der Waals surface area (Å²) in [5.74, 6) is -33.4. The SMILES string of the molecule is COC(=O)C(F)(F)C(F)(F)C(=O)C(C)(F)C(F)(F)C(=O)C(F)=C(F)F. The second kappa shape index (κ2) is 6.63. The summed E-state index contributed by atoms with van der Waals surface area (Å²) >= 11 is 0. The Kier molecular flexibility index (Phi) is 6.06. The molecule has 0 saturated carbocycles. The van der Waals surface area contributed by atoms with E-state index in [1.165, 1.54) is 0 Å². The third-order valence-electron chi connectivity index (χ3n) is 2.79. The quantitative estimate of drug-likeness (QED) is 0.380. The fourth-order valence-corrected chi connectivity index (χ4v) is 1.27. The third-order valence-corrected chi connectivity index (χ3v) is 2.79. The fraction of sp³-hybridized carbons (Fsp3) is 0.545. The smallest absolute Gasteiger partial charge is 0.411 e. The molecule has 0 aromatic carbocycles. The number of alkyl halides is 7. The third kappa shape index (κ3) is 3.46. The minimum atomic E-state index is -6.50. The molecule has 0 aliphatic rings. The Morgan fingerprint density at radius 3 is 1.48 bits per heavy atom. The van der Waals surface area contributed by atoms with E-state index in [1.807, 2.05) is 0 Å². The molecule has 0 aliphatic carbocycles. The van der Waals surface area contributed by atoms with Gasteiger partial charge in [0.2, 0.25) is 11.5 Å². The van der Waals surface area contributed by atoms with Crippen LogP contribution in [0.2, 0.25) is 0 Å². The van der Waals surface area contributed by atoms with Crippen LogP contribution in [0.15, 0.2) is 11.9 Å².